The highest BCUT2D eigenvalue weighted by atomic mass is 32.1. The lowest BCUT2D eigenvalue weighted by Crippen LogP contribution is -2.46. The van der Waals surface area contributed by atoms with Crippen LogP contribution in [0.2, 0.25) is 0 Å². The maximum Gasteiger partial charge on any atom is 0.308 e. The van der Waals surface area contributed by atoms with E-state index in [0.29, 0.717) is 18.7 Å². The van der Waals surface area contributed by atoms with E-state index in [-0.39, 0.29) is 24.8 Å². The first-order valence-corrected chi connectivity index (χ1v) is 8.76. The summed E-state index contributed by atoms with van der Waals surface area (Å²) in [6, 6.07) is 3.78. The van der Waals surface area contributed by atoms with Crippen LogP contribution in [0.15, 0.2) is 29.9 Å². The summed E-state index contributed by atoms with van der Waals surface area (Å²) < 4.78 is 0. The van der Waals surface area contributed by atoms with Gasteiger partial charge in [-0.2, -0.15) is 0 Å². The molecule has 1 aliphatic rings. The van der Waals surface area contributed by atoms with Crippen molar-refractivity contribution in [2.45, 2.75) is 19.8 Å². The second-order valence-electron chi connectivity index (χ2n) is 6.24. The number of carbonyl (C=O) groups excluding carboxylic acids is 1. The van der Waals surface area contributed by atoms with Gasteiger partial charge in [0.1, 0.15) is 5.01 Å². The molecule has 0 bridgehead atoms. The van der Waals surface area contributed by atoms with Gasteiger partial charge in [-0.05, 0) is 24.5 Å². The fourth-order valence-corrected chi connectivity index (χ4v) is 3.82. The molecule has 0 aromatic carbocycles. The molecule has 0 aliphatic carbocycles. The van der Waals surface area contributed by atoms with E-state index in [1.807, 2.05) is 24.4 Å². The summed E-state index contributed by atoms with van der Waals surface area (Å²) in [5.41, 5.74) is 1.65. The molecule has 24 heavy (non-hydrogen) atoms. The van der Waals surface area contributed by atoms with E-state index in [1.54, 1.807) is 17.3 Å². The number of amides is 1. The molecule has 1 amide bonds. The minimum atomic E-state index is -0.827. The number of hydrogen-bond donors (Lipinski definition) is 1. The van der Waals surface area contributed by atoms with E-state index < -0.39 is 11.9 Å². The van der Waals surface area contributed by atoms with Crippen molar-refractivity contribution in [1.29, 1.82) is 0 Å². The zero-order chi connectivity index (χ0) is 17.1. The molecule has 3 rings (SSSR count). The van der Waals surface area contributed by atoms with Crippen molar-refractivity contribution in [1.82, 2.24) is 14.9 Å². The molecule has 2 unspecified atom stereocenters. The Hall–Kier alpha value is -2.28. The second kappa shape index (κ2) is 7.09. The minimum Gasteiger partial charge on any atom is -0.481 e. The lowest BCUT2D eigenvalue weighted by atomic mass is 9.90. The van der Waals surface area contributed by atoms with Crippen molar-refractivity contribution in [2.75, 3.05) is 13.1 Å². The number of aromatic nitrogens is 2. The van der Waals surface area contributed by atoms with Crippen LogP contribution in [0.25, 0.3) is 10.6 Å². The smallest absolute Gasteiger partial charge is 0.308 e. The van der Waals surface area contributed by atoms with Crippen LogP contribution in [0, 0.1) is 11.8 Å². The molecule has 1 N–H and O–H groups in total. The van der Waals surface area contributed by atoms with Crippen LogP contribution in [0.3, 0.4) is 0 Å². The van der Waals surface area contributed by atoms with Crippen LogP contribution in [-0.4, -0.2) is 44.9 Å². The monoisotopic (exact) mass is 345 g/mol. The predicted molar refractivity (Wildman–Crippen MR) is 90.5 cm³/mol. The Morgan fingerprint density at radius 3 is 2.96 bits per heavy atom. The number of piperidine rings is 1. The Labute approximate surface area is 144 Å². The van der Waals surface area contributed by atoms with Gasteiger partial charge in [0.2, 0.25) is 5.91 Å². The molecule has 7 heteroatoms. The number of pyridine rings is 1. The maximum atomic E-state index is 12.5. The van der Waals surface area contributed by atoms with Gasteiger partial charge in [0, 0.05) is 36.4 Å². The van der Waals surface area contributed by atoms with E-state index >= 15 is 0 Å². The Morgan fingerprint density at radius 1 is 1.42 bits per heavy atom. The van der Waals surface area contributed by atoms with Gasteiger partial charge < -0.3 is 10.0 Å². The van der Waals surface area contributed by atoms with Gasteiger partial charge in [-0.15, -0.1) is 11.3 Å². The molecule has 0 radical (unpaired) electrons. The molecular weight excluding hydrogens is 326 g/mol. The largest absolute Gasteiger partial charge is 0.481 e. The fourth-order valence-electron chi connectivity index (χ4n) is 3.01. The summed E-state index contributed by atoms with van der Waals surface area (Å²) in [4.78, 5) is 34.0. The number of carboxylic acids is 1. The highest BCUT2D eigenvalue weighted by Gasteiger charge is 2.31. The SMILES string of the molecule is CC1CC(C(=O)O)CN(C(=O)Cc2csc(-c3cccnc3)n2)C1. The number of aliphatic carboxylic acids is 1. The third-order valence-electron chi connectivity index (χ3n) is 4.15. The van der Waals surface area contributed by atoms with Gasteiger partial charge in [-0.3, -0.25) is 14.6 Å². The van der Waals surface area contributed by atoms with Crippen molar-refractivity contribution in [3.8, 4) is 10.6 Å². The van der Waals surface area contributed by atoms with Crippen LogP contribution < -0.4 is 0 Å². The molecule has 2 aromatic heterocycles. The predicted octanol–water partition coefficient (Wildman–Crippen LogP) is 2.32. The fraction of sp³-hybridized carbons (Fsp3) is 0.412. The summed E-state index contributed by atoms with van der Waals surface area (Å²) in [7, 11) is 0. The Balaban J connectivity index is 1.67. The standard InChI is InChI=1S/C17H19N3O3S/c1-11-5-13(17(22)23)9-20(8-11)15(21)6-14-10-24-16(19-14)12-3-2-4-18-7-12/h2-4,7,10-11,13H,5-6,8-9H2,1H3,(H,22,23). The molecule has 2 atom stereocenters. The average Bonchev–Trinajstić information content (AvgIpc) is 3.03. The van der Waals surface area contributed by atoms with Crippen molar-refractivity contribution in [3.05, 3.63) is 35.6 Å². The van der Waals surface area contributed by atoms with Crippen molar-refractivity contribution in [3.63, 3.8) is 0 Å². The van der Waals surface area contributed by atoms with E-state index in [9.17, 15) is 14.7 Å². The number of likely N-dealkylation sites (tertiary alicyclic amines) is 1. The van der Waals surface area contributed by atoms with Gasteiger partial charge in [0.05, 0.1) is 18.0 Å². The summed E-state index contributed by atoms with van der Waals surface area (Å²) in [5.74, 6) is -1.16. The topological polar surface area (TPSA) is 83.4 Å². The molecule has 126 valence electrons. The van der Waals surface area contributed by atoms with E-state index in [1.165, 1.54) is 11.3 Å². The number of thiazole rings is 1. The zero-order valence-electron chi connectivity index (χ0n) is 13.4. The van der Waals surface area contributed by atoms with Crippen molar-refractivity contribution < 1.29 is 14.7 Å². The molecule has 0 saturated carbocycles. The highest BCUT2D eigenvalue weighted by molar-refractivity contribution is 7.13. The van der Waals surface area contributed by atoms with Gasteiger partial charge >= 0.3 is 5.97 Å². The lowest BCUT2D eigenvalue weighted by Gasteiger charge is -2.34. The van der Waals surface area contributed by atoms with Crippen LogP contribution in [0.1, 0.15) is 19.0 Å². The van der Waals surface area contributed by atoms with Crippen molar-refractivity contribution in [2.24, 2.45) is 11.8 Å². The van der Waals surface area contributed by atoms with E-state index in [2.05, 4.69) is 9.97 Å². The van der Waals surface area contributed by atoms with Gasteiger partial charge in [-0.25, -0.2) is 4.98 Å². The van der Waals surface area contributed by atoms with Gasteiger partial charge in [-0.1, -0.05) is 6.92 Å². The van der Waals surface area contributed by atoms with Crippen LogP contribution >= 0.6 is 11.3 Å². The molecule has 3 heterocycles. The third-order valence-corrected chi connectivity index (χ3v) is 5.09. The molecule has 6 nitrogen and oxygen atoms in total. The number of hydrogen-bond acceptors (Lipinski definition) is 5. The number of nitrogens with zero attached hydrogens (tertiary/aromatic N) is 3. The maximum absolute atomic E-state index is 12.5. The normalized spacial score (nSPS) is 20.8. The van der Waals surface area contributed by atoms with Crippen molar-refractivity contribution >= 4 is 23.2 Å². The quantitative estimate of drug-likeness (QED) is 0.919. The molecular formula is C17H19N3O3S. The second-order valence-corrected chi connectivity index (χ2v) is 7.10. The molecule has 1 aliphatic heterocycles. The highest BCUT2D eigenvalue weighted by Crippen LogP contribution is 2.25. The summed E-state index contributed by atoms with van der Waals surface area (Å²) >= 11 is 1.48. The molecule has 1 saturated heterocycles. The molecule has 0 spiro atoms. The Bertz CT molecular complexity index is 732. The van der Waals surface area contributed by atoms with Crippen LogP contribution in [0.4, 0.5) is 0 Å². The molecule has 2 aromatic rings. The van der Waals surface area contributed by atoms with E-state index in [4.69, 9.17) is 0 Å². The van der Waals surface area contributed by atoms with Gasteiger partial charge in [0.15, 0.2) is 0 Å². The molecule has 1 fully saturated rings. The zero-order valence-corrected chi connectivity index (χ0v) is 14.2. The summed E-state index contributed by atoms with van der Waals surface area (Å²) in [6.45, 7) is 2.89. The van der Waals surface area contributed by atoms with Gasteiger partial charge in [0.25, 0.3) is 0 Å². The number of carbonyl (C=O) groups is 2. The minimum absolute atomic E-state index is 0.0594. The summed E-state index contributed by atoms with van der Waals surface area (Å²) in [5, 5.41) is 11.9. The number of rotatable bonds is 4. The first-order valence-electron chi connectivity index (χ1n) is 7.88. The third kappa shape index (κ3) is 3.79. The van der Waals surface area contributed by atoms with Crippen LogP contribution in [0.5, 0.6) is 0 Å². The summed E-state index contributed by atoms with van der Waals surface area (Å²) in [6.07, 6.45) is 4.28. The van der Waals surface area contributed by atoms with E-state index in [0.717, 1.165) is 10.6 Å². The average molecular weight is 345 g/mol. The first kappa shape index (κ1) is 16.6. The van der Waals surface area contributed by atoms with Crippen LogP contribution in [-0.2, 0) is 16.0 Å². The number of carboxylic acid groups (broad SMARTS) is 1. The lowest BCUT2D eigenvalue weighted by molar-refractivity contribution is -0.146. The Morgan fingerprint density at radius 2 is 2.25 bits per heavy atom. The first-order chi connectivity index (χ1) is 11.5. The Kier molecular flexibility index (Phi) is 4.89.